The predicted octanol–water partition coefficient (Wildman–Crippen LogP) is 2.50. The van der Waals surface area contributed by atoms with Crippen LogP contribution in [0.1, 0.15) is 5.56 Å². The van der Waals surface area contributed by atoms with Crippen LogP contribution in [0.2, 0.25) is 0 Å². The molecule has 16 heavy (non-hydrogen) atoms. The van der Waals surface area contributed by atoms with Gasteiger partial charge < -0.3 is 4.42 Å². The molecule has 0 radical (unpaired) electrons. The fourth-order valence-electron chi connectivity index (χ4n) is 1.53. The fraction of sp³-hybridized carbons (Fsp3) is 0.0909. The summed E-state index contributed by atoms with van der Waals surface area (Å²) in [6, 6.07) is 8.14. The van der Waals surface area contributed by atoms with E-state index in [1.165, 1.54) is 6.07 Å². The second kappa shape index (κ2) is 3.77. The minimum atomic E-state index is -4.15. The summed E-state index contributed by atoms with van der Waals surface area (Å²) in [5.41, 5.74) is 1.26. The van der Waals surface area contributed by atoms with Gasteiger partial charge in [0.05, 0.1) is 11.2 Å². The zero-order valence-electron chi connectivity index (χ0n) is 8.54. The zero-order valence-corrected chi connectivity index (χ0v) is 9.36. The number of benzene rings is 1. The summed E-state index contributed by atoms with van der Waals surface area (Å²) in [6.45, 7) is 1.62. The Labute approximate surface area is 93.3 Å². The van der Waals surface area contributed by atoms with E-state index in [1.807, 2.05) is 0 Å². The molecule has 0 amide bonds. The van der Waals surface area contributed by atoms with Gasteiger partial charge in [0.2, 0.25) is 0 Å². The van der Waals surface area contributed by atoms with Crippen LogP contribution in [0.15, 0.2) is 45.9 Å². The van der Waals surface area contributed by atoms with Gasteiger partial charge in [0.15, 0.2) is 0 Å². The van der Waals surface area contributed by atoms with E-state index in [0.717, 1.165) is 5.56 Å². The van der Waals surface area contributed by atoms with Gasteiger partial charge in [-0.25, -0.2) is 0 Å². The van der Waals surface area contributed by atoms with Crippen LogP contribution in [0.5, 0.6) is 0 Å². The standard InChI is InChI=1S/C11H10O4S/c1-8-7-9(10-3-2-6-15-10)4-5-11(8)16(12,13)14/h2-7H,1H3,(H,12,13,14). The molecule has 0 unspecified atom stereocenters. The van der Waals surface area contributed by atoms with Crippen LogP contribution in [-0.2, 0) is 10.1 Å². The maximum absolute atomic E-state index is 11.0. The third-order valence-electron chi connectivity index (χ3n) is 2.26. The van der Waals surface area contributed by atoms with Gasteiger partial charge in [-0.2, -0.15) is 8.42 Å². The summed E-state index contributed by atoms with van der Waals surface area (Å²) in [5.74, 6) is 0.657. The zero-order chi connectivity index (χ0) is 11.8. The van der Waals surface area contributed by atoms with Crippen molar-refractivity contribution in [2.75, 3.05) is 0 Å². The summed E-state index contributed by atoms with van der Waals surface area (Å²) in [7, 11) is -4.15. The van der Waals surface area contributed by atoms with Crippen LogP contribution in [0.4, 0.5) is 0 Å². The van der Waals surface area contributed by atoms with E-state index in [-0.39, 0.29) is 4.90 Å². The monoisotopic (exact) mass is 238 g/mol. The number of hydrogen-bond donors (Lipinski definition) is 1. The van der Waals surface area contributed by atoms with E-state index in [0.29, 0.717) is 11.3 Å². The van der Waals surface area contributed by atoms with Crippen LogP contribution in [-0.4, -0.2) is 13.0 Å². The van der Waals surface area contributed by atoms with Crippen LogP contribution in [0.3, 0.4) is 0 Å². The maximum atomic E-state index is 11.0. The van der Waals surface area contributed by atoms with Crippen molar-refractivity contribution >= 4 is 10.1 Å². The Morgan fingerprint density at radius 3 is 2.50 bits per heavy atom. The summed E-state index contributed by atoms with van der Waals surface area (Å²) in [4.78, 5) is -0.0807. The normalized spacial score (nSPS) is 11.6. The van der Waals surface area contributed by atoms with Crippen molar-refractivity contribution in [3.63, 3.8) is 0 Å². The highest BCUT2D eigenvalue weighted by atomic mass is 32.2. The molecule has 5 heteroatoms. The van der Waals surface area contributed by atoms with E-state index >= 15 is 0 Å². The Morgan fingerprint density at radius 1 is 1.25 bits per heavy atom. The highest BCUT2D eigenvalue weighted by molar-refractivity contribution is 7.85. The van der Waals surface area contributed by atoms with Crippen LogP contribution in [0.25, 0.3) is 11.3 Å². The predicted molar refractivity (Wildman–Crippen MR) is 58.7 cm³/mol. The molecule has 0 spiro atoms. The Bertz CT molecular complexity index is 597. The van der Waals surface area contributed by atoms with E-state index < -0.39 is 10.1 Å². The topological polar surface area (TPSA) is 67.5 Å². The highest BCUT2D eigenvalue weighted by Gasteiger charge is 2.13. The molecule has 0 aliphatic heterocycles. The molecule has 2 rings (SSSR count). The van der Waals surface area contributed by atoms with Crippen molar-refractivity contribution in [2.45, 2.75) is 11.8 Å². The molecule has 1 aromatic heterocycles. The van der Waals surface area contributed by atoms with Crippen molar-refractivity contribution < 1.29 is 17.4 Å². The largest absolute Gasteiger partial charge is 0.464 e. The molecule has 84 valence electrons. The second-order valence-corrected chi connectivity index (χ2v) is 4.82. The van der Waals surface area contributed by atoms with Gasteiger partial charge in [0.25, 0.3) is 10.1 Å². The third-order valence-corrected chi connectivity index (χ3v) is 3.27. The lowest BCUT2D eigenvalue weighted by atomic mass is 10.1. The van der Waals surface area contributed by atoms with Crippen molar-refractivity contribution in [3.8, 4) is 11.3 Å². The Balaban J connectivity index is 2.53. The lowest BCUT2D eigenvalue weighted by Gasteiger charge is -2.04. The van der Waals surface area contributed by atoms with E-state index in [4.69, 9.17) is 8.97 Å². The summed E-state index contributed by atoms with van der Waals surface area (Å²) in [6.07, 6.45) is 1.54. The first-order chi connectivity index (χ1) is 7.48. The van der Waals surface area contributed by atoms with Crippen LogP contribution < -0.4 is 0 Å². The number of hydrogen-bond acceptors (Lipinski definition) is 3. The van der Waals surface area contributed by atoms with Crippen molar-refractivity contribution in [1.29, 1.82) is 0 Å². The first-order valence-corrected chi connectivity index (χ1v) is 6.04. The van der Waals surface area contributed by atoms with Gasteiger partial charge in [-0.05, 0) is 42.8 Å². The fourth-order valence-corrected chi connectivity index (χ4v) is 2.24. The highest BCUT2D eigenvalue weighted by Crippen LogP contribution is 2.24. The van der Waals surface area contributed by atoms with E-state index in [2.05, 4.69) is 0 Å². The molecule has 2 aromatic rings. The average molecular weight is 238 g/mol. The molecule has 1 aromatic carbocycles. The lowest BCUT2D eigenvalue weighted by molar-refractivity contribution is 0.482. The molecular formula is C11H10O4S. The average Bonchev–Trinajstić information content (AvgIpc) is 2.68. The van der Waals surface area contributed by atoms with E-state index in [1.54, 1.807) is 37.5 Å². The molecular weight excluding hydrogens is 228 g/mol. The quantitative estimate of drug-likeness (QED) is 0.816. The van der Waals surface area contributed by atoms with Crippen LogP contribution in [0, 0.1) is 6.92 Å². The molecule has 0 saturated heterocycles. The smallest absolute Gasteiger partial charge is 0.294 e. The van der Waals surface area contributed by atoms with Crippen LogP contribution >= 0.6 is 0 Å². The Hall–Kier alpha value is -1.59. The van der Waals surface area contributed by atoms with Gasteiger partial charge in [0, 0.05) is 5.56 Å². The van der Waals surface area contributed by atoms with Gasteiger partial charge in [-0.1, -0.05) is 0 Å². The number of furan rings is 1. The molecule has 0 bridgehead atoms. The molecule has 1 heterocycles. The Morgan fingerprint density at radius 2 is 2.00 bits per heavy atom. The van der Waals surface area contributed by atoms with Gasteiger partial charge >= 0.3 is 0 Å². The SMILES string of the molecule is Cc1cc(-c2ccco2)ccc1S(=O)(=O)O. The molecule has 0 aliphatic carbocycles. The maximum Gasteiger partial charge on any atom is 0.294 e. The number of rotatable bonds is 2. The van der Waals surface area contributed by atoms with Gasteiger partial charge in [-0.3, -0.25) is 4.55 Å². The summed E-state index contributed by atoms with van der Waals surface area (Å²) >= 11 is 0. The first-order valence-electron chi connectivity index (χ1n) is 4.60. The molecule has 0 atom stereocenters. The second-order valence-electron chi connectivity index (χ2n) is 3.43. The summed E-state index contributed by atoms with van der Waals surface area (Å²) in [5, 5.41) is 0. The van der Waals surface area contributed by atoms with Gasteiger partial charge in [-0.15, -0.1) is 0 Å². The Kier molecular flexibility index (Phi) is 2.57. The van der Waals surface area contributed by atoms with Crippen molar-refractivity contribution in [3.05, 3.63) is 42.2 Å². The molecule has 4 nitrogen and oxygen atoms in total. The van der Waals surface area contributed by atoms with Crippen molar-refractivity contribution in [1.82, 2.24) is 0 Å². The van der Waals surface area contributed by atoms with Gasteiger partial charge in [0.1, 0.15) is 5.76 Å². The van der Waals surface area contributed by atoms with E-state index in [9.17, 15) is 8.42 Å². The molecule has 0 aliphatic rings. The molecule has 0 saturated carbocycles. The molecule has 1 N–H and O–H groups in total. The summed E-state index contributed by atoms with van der Waals surface area (Å²) < 4.78 is 36.1. The molecule has 0 fully saturated rings. The third kappa shape index (κ3) is 2.00. The minimum Gasteiger partial charge on any atom is -0.464 e. The van der Waals surface area contributed by atoms with Crippen molar-refractivity contribution in [2.24, 2.45) is 0 Å². The lowest BCUT2D eigenvalue weighted by Crippen LogP contribution is -2.00. The minimum absolute atomic E-state index is 0.0807. The number of aryl methyl sites for hydroxylation is 1. The first kappa shape index (κ1) is 10.9.